The van der Waals surface area contributed by atoms with Gasteiger partial charge in [-0.1, -0.05) is 6.92 Å². The first-order valence-electron chi connectivity index (χ1n) is 8.29. The zero-order valence-electron chi connectivity index (χ0n) is 14.5. The number of ether oxygens (including phenoxy) is 1. The molecule has 2 N–H and O–H groups in total. The van der Waals surface area contributed by atoms with Gasteiger partial charge >= 0.3 is 0 Å². The minimum atomic E-state index is -0.408. The van der Waals surface area contributed by atoms with E-state index in [1.807, 2.05) is 6.92 Å². The molecule has 0 saturated heterocycles. The maximum absolute atomic E-state index is 13.6. The summed E-state index contributed by atoms with van der Waals surface area (Å²) in [5.41, 5.74) is 2.53. The molecule has 3 aromatic rings. The highest BCUT2D eigenvalue weighted by Gasteiger charge is 2.17. The average molecular weight is 351 g/mol. The SMILES string of the molecule is CCCOc1ccc(NC(=O)c2c(C)[nH]c3ccc(F)cc23)cc1C#N. The van der Waals surface area contributed by atoms with Gasteiger partial charge in [0.2, 0.25) is 0 Å². The van der Waals surface area contributed by atoms with Crippen LogP contribution >= 0.6 is 0 Å². The average Bonchev–Trinajstić information content (AvgIpc) is 2.95. The van der Waals surface area contributed by atoms with E-state index >= 15 is 0 Å². The summed E-state index contributed by atoms with van der Waals surface area (Å²) >= 11 is 0. The van der Waals surface area contributed by atoms with Crippen LogP contribution in [0.25, 0.3) is 10.9 Å². The molecule has 132 valence electrons. The Morgan fingerprint density at radius 2 is 2.12 bits per heavy atom. The van der Waals surface area contributed by atoms with Gasteiger partial charge in [0.05, 0.1) is 17.7 Å². The van der Waals surface area contributed by atoms with E-state index in [2.05, 4.69) is 16.4 Å². The molecule has 0 atom stereocenters. The molecule has 26 heavy (non-hydrogen) atoms. The molecule has 0 spiro atoms. The number of benzene rings is 2. The van der Waals surface area contributed by atoms with Crippen LogP contribution in [0, 0.1) is 24.1 Å². The summed E-state index contributed by atoms with van der Waals surface area (Å²) < 4.78 is 19.1. The van der Waals surface area contributed by atoms with Crippen molar-refractivity contribution in [3.05, 3.63) is 59.0 Å². The van der Waals surface area contributed by atoms with E-state index in [9.17, 15) is 14.4 Å². The van der Waals surface area contributed by atoms with Crippen LogP contribution in [-0.4, -0.2) is 17.5 Å². The molecule has 0 unspecified atom stereocenters. The molecule has 2 aromatic carbocycles. The quantitative estimate of drug-likeness (QED) is 0.709. The third-order valence-corrected chi connectivity index (χ3v) is 3.99. The molecule has 0 aliphatic carbocycles. The van der Waals surface area contributed by atoms with Crippen molar-refractivity contribution in [1.29, 1.82) is 5.26 Å². The molecular weight excluding hydrogens is 333 g/mol. The van der Waals surface area contributed by atoms with E-state index in [1.54, 1.807) is 31.2 Å². The predicted octanol–water partition coefficient (Wildman–Crippen LogP) is 4.53. The zero-order valence-corrected chi connectivity index (χ0v) is 14.5. The standard InChI is InChI=1S/C20H18FN3O2/c1-3-8-26-18-7-5-15(9-13(18)11-22)24-20(25)19-12(2)23-17-6-4-14(21)10-16(17)19/h4-7,9-10,23H,3,8H2,1-2H3,(H,24,25). The third-order valence-electron chi connectivity index (χ3n) is 3.99. The van der Waals surface area contributed by atoms with E-state index in [0.29, 0.717) is 45.8 Å². The molecule has 0 bridgehead atoms. The number of amides is 1. The first-order valence-corrected chi connectivity index (χ1v) is 8.29. The number of halogens is 1. The Labute approximate surface area is 150 Å². The maximum atomic E-state index is 13.6. The molecule has 0 aliphatic heterocycles. The normalized spacial score (nSPS) is 10.5. The lowest BCUT2D eigenvalue weighted by molar-refractivity contribution is 0.102. The topological polar surface area (TPSA) is 77.9 Å². The van der Waals surface area contributed by atoms with Crippen molar-refractivity contribution in [2.75, 3.05) is 11.9 Å². The van der Waals surface area contributed by atoms with Crippen molar-refractivity contribution in [2.45, 2.75) is 20.3 Å². The number of aromatic amines is 1. The summed E-state index contributed by atoms with van der Waals surface area (Å²) in [6, 6.07) is 11.2. The number of nitrogens with one attached hydrogen (secondary N) is 2. The largest absolute Gasteiger partial charge is 0.492 e. The van der Waals surface area contributed by atoms with E-state index in [4.69, 9.17) is 4.74 Å². The van der Waals surface area contributed by atoms with Gasteiger partial charge in [0, 0.05) is 22.3 Å². The minimum absolute atomic E-state index is 0.345. The zero-order chi connectivity index (χ0) is 18.7. The lowest BCUT2D eigenvalue weighted by Gasteiger charge is -2.10. The number of rotatable bonds is 5. The Morgan fingerprint density at radius 1 is 1.31 bits per heavy atom. The van der Waals surface area contributed by atoms with E-state index in [-0.39, 0.29) is 5.91 Å². The molecule has 3 rings (SSSR count). The van der Waals surface area contributed by atoms with Crippen LogP contribution in [0.15, 0.2) is 36.4 Å². The first-order chi connectivity index (χ1) is 12.5. The Hall–Kier alpha value is -3.33. The molecule has 1 aromatic heterocycles. The summed E-state index contributed by atoms with van der Waals surface area (Å²) in [4.78, 5) is 15.8. The number of hydrogen-bond acceptors (Lipinski definition) is 3. The highest BCUT2D eigenvalue weighted by molar-refractivity contribution is 6.14. The summed E-state index contributed by atoms with van der Waals surface area (Å²) in [6.07, 6.45) is 0.833. The minimum Gasteiger partial charge on any atom is -0.492 e. The number of carbonyl (C=O) groups excluding carboxylic acids is 1. The number of nitrogens with zero attached hydrogens (tertiary/aromatic N) is 1. The summed E-state index contributed by atoms with van der Waals surface area (Å²) in [5, 5.41) is 12.6. The fraction of sp³-hybridized carbons (Fsp3) is 0.200. The fourth-order valence-electron chi connectivity index (χ4n) is 2.82. The molecule has 6 heteroatoms. The van der Waals surface area contributed by atoms with Gasteiger partial charge < -0.3 is 15.0 Å². The summed E-state index contributed by atoms with van der Waals surface area (Å²) in [7, 11) is 0. The molecular formula is C20H18FN3O2. The van der Waals surface area contributed by atoms with Crippen molar-refractivity contribution in [1.82, 2.24) is 4.98 Å². The monoisotopic (exact) mass is 351 g/mol. The van der Waals surface area contributed by atoms with Crippen LogP contribution in [-0.2, 0) is 0 Å². The second-order valence-corrected chi connectivity index (χ2v) is 5.94. The summed E-state index contributed by atoms with van der Waals surface area (Å²) in [6.45, 7) is 4.25. The van der Waals surface area contributed by atoms with Crippen molar-refractivity contribution < 1.29 is 13.9 Å². The van der Waals surface area contributed by atoms with E-state index in [0.717, 1.165) is 6.42 Å². The lowest BCUT2D eigenvalue weighted by atomic mass is 10.1. The molecule has 1 heterocycles. The number of fused-ring (bicyclic) bond motifs is 1. The van der Waals surface area contributed by atoms with Gasteiger partial charge in [0.25, 0.3) is 5.91 Å². The molecule has 0 saturated carbocycles. The fourth-order valence-corrected chi connectivity index (χ4v) is 2.82. The molecule has 5 nitrogen and oxygen atoms in total. The van der Waals surface area contributed by atoms with Gasteiger partial charge in [0.15, 0.2) is 0 Å². The van der Waals surface area contributed by atoms with E-state index in [1.165, 1.54) is 12.1 Å². The van der Waals surface area contributed by atoms with Gasteiger partial charge in [-0.25, -0.2) is 4.39 Å². The Morgan fingerprint density at radius 3 is 2.85 bits per heavy atom. The second-order valence-electron chi connectivity index (χ2n) is 5.94. The van der Waals surface area contributed by atoms with Crippen molar-refractivity contribution >= 4 is 22.5 Å². The van der Waals surface area contributed by atoms with Crippen LogP contribution in [0.2, 0.25) is 0 Å². The number of hydrogen-bond donors (Lipinski definition) is 2. The van der Waals surface area contributed by atoms with Gasteiger partial charge in [-0.2, -0.15) is 5.26 Å². The highest BCUT2D eigenvalue weighted by Crippen LogP contribution is 2.26. The van der Waals surface area contributed by atoms with Gasteiger partial charge in [-0.3, -0.25) is 4.79 Å². The molecule has 0 fully saturated rings. The Kier molecular flexibility index (Phi) is 4.90. The molecule has 1 amide bonds. The number of nitriles is 1. The number of carbonyl (C=O) groups is 1. The molecule has 0 radical (unpaired) electrons. The van der Waals surface area contributed by atoms with Crippen LogP contribution < -0.4 is 10.1 Å². The number of aromatic nitrogens is 1. The van der Waals surface area contributed by atoms with E-state index < -0.39 is 5.82 Å². The third kappa shape index (κ3) is 3.38. The predicted molar refractivity (Wildman–Crippen MR) is 97.9 cm³/mol. The number of anilines is 1. The van der Waals surface area contributed by atoms with Crippen molar-refractivity contribution in [2.24, 2.45) is 0 Å². The maximum Gasteiger partial charge on any atom is 0.258 e. The number of aryl methyl sites for hydroxylation is 1. The lowest BCUT2D eigenvalue weighted by Crippen LogP contribution is -2.13. The highest BCUT2D eigenvalue weighted by atomic mass is 19.1. The second kappa shape index (κ2) is 7.28. The van der Waals surface area contributed by atoms with Gasteiger partial charge in [-0.05, 0) is 49.7 Å². The molecule has 0 aliphatic rings. The Balaban J connectivity index is 1.90. The van der Waals surface area contributed by atoms with Crippen molar-refractivity contribution in [3.8, 4) is 11.8 Å². The summed E-state index contributed by atoms with van der Waals surface area (Å²) in [5.74, 6) is -0.294. The first kappa shape index (κ1) is 17.5. The Bertz CT molecular complexity index is 1020. The van der Waals surface area contributed by atoms with Crippen LogP contribution in [0.4, 0.5) is 10.1 Å². The van der Waals surface area contributed by atoms with Gasteiger partial charge in [0.1, 0.15) is 17.6 Å². The van der Waals surface area contributed by atoms with Crippen LogP contribution in [0.3, 0.4) is 0 Å². The van der Waals surface area contributed by atoms with Crippen molar-refractivity contribution in [3.63, 3.8) is 0 Å². The smallest absolute Gasteiger partial charge is 0.258 e. The van der Waals surface area contributed by atoms with Gasteiger partial charge in [-0.15, -0.1) is 0 Å². The number of H-pyrrole nitrogens is 1. The van der Waals surface area contributed by atoms with Crippen LogP contribution in [0.1, 0.15) is 35.0 Å². The van der Waals surface area contributed by atoms with Crippen LogP contribution in [0.5, 0.6) is 5.75 Å².